The van der Waals surface area contributed by atoms with Crippen LogP contribution < -0.4 is 15.8 Å². The van der Waals surface area contributed by atoms with Crippen molar-refractivity contribution in [2.45, 2.75) is 44.8 Å². The maximum absolute atomic E-state index is 12.5. The molecule has 31 heavy (non-hydrogen) atoms. The lowest BCUT2D eigenvalue weighted by Crippen LogP contribution is -2.19. The largest absolute Gasteiger partial charge is 0.371 e. The van der Waals surface area contributed by atoms with Crippen LogP contribution in [0.2, 0.25) is 0 Å². The third-order valence-corrected chi connectivity index (χ3v) is 8.23. The summed E-state index contributed by atoms with van der Waals surface area (Å²) in [7, 11) is 0. The lowest BCUT2D eigenvalue weighted by Gasteiger charge is -2.17. The minimum atomic E-state index is -0.0181. The Labute approximate surface area is 189 Å². The van der Waals surface area contributed by atoms with Crippen molar-refractivity contribution < 1.29 is 4.79 Å². The highest BCUT2D eigenvalue weighted by Crippen LogP contribution is 2.34. The van der Waals surface area contributed by atoms with Gasteiger partial charge in [-0.3, -0.25) is 9.59 Å². The van der Waals surface area contributed by atoms with Crippen LogP contribution in [0.1, 0.15) is 41.6 Å². The summed E-state index contributed by atoms with van der Waals surface area (Å²) >= 11 is 3.28. The molecule has 1 aliphatic heterocycles. The number of thioether (sulfide) groups is 1. The molecule has 0 bridgehead atoms. The van der Waals surface area contributed by atoms with Gasteiger partial charge in [-0.25, -0.2) is 4.98 Å². The van der Waals surface area contributed by atoms with Crippen molar-refractivity contribution in [1.82, 2.24) is 9.97 Å². The summed E-state index contributed by atoms with van der Waals surface area (Å²) in [6.45, 7) is 4.19. The number of nitrogens with one attached hydrogen (secondary N) is 2. The molecule has 5 rings (SSSR count). The van der Waals surface area contributed by atoms with Crippen LogP contribution in [0.3, 0.4) is 0 Å². The topological polar surface area (TPSA) is 78.1 Å². The molecule has 0 atom stereocenters. The number of benzene rings is 1. The van der Waals surface area contributed by atoms with Gasteiger partial charge in [0.25, 0.3) is 5.56 Å². The van der Waals surface area contributed by atoms with E-state index in [1.807, 2.05) is 6.07 Å². The van der Waals surface area contributed by atoms with Gasteiger partial charge in [0, 0.05) is 41.5 Å². The van der Waals surface area contributed by atoms with Gasteiger partial charge in [0.05, 0.1) is 11.1 Å². The second kappa shape index (κ2) is 8.67. The second-order valence-electron chi connectivity index (χ2n) is 8.07. The van der Waals surface area contributed by atoms with Gasteiger partial charge in [-0.05, 0) is 55.9 Å². The van der Waals surface area contributed by atoms with Crippen molar-refractivity contribution in [1.29, 1.82) is 0 Å². The molecule has 0 unspecified atom stereocenters. The fourth-order valence-corrected chi connectivity index (χ4v) is 6.61. The van der Waals surface area contributed by atoms with Gasteiger partial charge in [0.1, 0.15) is 10.7 Å². The molecule has 0 fully saturated rings. The molecule has 1 aromatic carbocycles. The summed E-state index contributed by atoms with van der Waals surface area (Å²) in [5, 5.41) is 3.81. The second-order valence-corrected chi connectivity index (χ2v) is 10.3. The first-order chi connectivity index (χ1) is 15.1. The lowest BCUT2D eigenvalue weighted by molar-refractivity contribution is -0.115. The molecule has 3 aromatic rings. The average molecular weight is 455 g/mol. The smallest absolute Gasteiger partial charge is 0.259 e. The Morgan fingerprint density at radius 2 is 2.23 bits per heavy atom. The Hall–Kier alpha value is -2.32. The van der Waals surface area contributed by atoms with Crippen molar-refractivity contribution >= 4 is 50.6 Å². The highest BCUT2D eigenvalue weighted by atomic mass is 32.2. The molecule has 0 radical (unpaired) electrons. The first kappa shape index (κ1) is 20.6. The highest BCUT2D eigenvalue weighted by Gasteiger charge is 2.21. The first-order valence-corrected chi connectivity index (χ1v) is 12.9. The molecule has 6 nitrogen and oxygen atoms in total. The van der Waals surface area contributed by atoms with Crippen molar-refractivity contribution in [3.8, 4) is 0 Å². The Kier molecular flexibility index (Phi) is 5.75. The summed E-state index contributed by atoms with van der Waals surface area (Å²) in [5.41, 5.74) is 4.63. The van der Waals surface area contributed by atoms with Crippen LogP contribution in [0, 0.1) is 0 Å². The molecule has 2 aromatic heterocycles. The zero-order chi connectivity index (χ0) is 21.4. The predicted octanol–water partition coefficient (Wildman–Crippen LogP) is 4.12. The minimum absolute atomic E-state index is 0.0140. The van der Waals surface area contributed by atoms with E-state index in [-0.39, 0.29) is 11.5 Å². The number of nitrogens with zero attached hydrogens (tertiary/aromatic N) is 2. The average Bonchev–Trinajstić information content (AvgIpc) is 3.44. The lowest BCUT2D eigenvalue weighted by atomic mass is 10.1. The van der Waals surface area contributed by atoms with Gasteiger partial charge in [-0.15, -0.1) is 11.3 Å². The maximum atomic E-state index is 12.5. The van der Waals surface area contributed by atoms with E-state index in [0.717, 1.165) is 54.7 Å². The van der Waals surface area contributed by atoms with E-state index in [2.05, 4.69) is 39.2 Å². The molecule has 2 aliphatic rings. The van der Waals surface area contributed by atoms with Crippen molar-refractivity contribution in [2.24, 2.45) is 0 Å². The molecule has 0 saturated carbocycles. The Morgan fingerprint density at radius 1 is 1.32 bits per heavy atom. The van der Waals surface area contributed by atoms with Crippen LogP contribution in [-0.4, -0.2) is 34.7 Å². The molecule has 162 valence electrons. The number of carbonyl (C=O) groups is 1. The van der Waals surface area contributed by atoms with E-state index in [0.29, 0.717) is 23.8 Å². The third-order valence-electron chi connectivity index (χ3n) is 6.08. The Bertz CT molecular complexity index is 1200. The van der Waals surface area contributed by atoms with Crippen molar-refractivity contribution in [2.75, 3.05) is 29.1 Å². The normalized spacial score (nSPS) is 14.8. The zero-order valence-corrected chi connectivity index (χ0v) is 19.3. The molecule has 1 aliphatic carbocycles. The number of likely N-dealkylation sites (N-methyl/N-ethyl adjacent to an activating group) is 1. The standard InChI is InChI=1S/C23H26N4O2S2/c1-2-27-10-8-14-6-7-15(12-17(14)27)24-20(28)9-11-30-13-19-25-22(29)21-16-4-3-5-18(16)31-23(21)26-19/h6-7,12H,2-5,8-11,13H2,1H3,(H,24,28)(H,25,26,29). The van der Waals surface area contributed by atoms with Gasteiger partial charge < -0.3 is 15.2 Å². The summed E-state index contributed by atoms with van der Waals surface area (Å²) < 4.78 is 0. The van der Waals surface area contributed by atoms with E-state index in [9.17, 15) is 9.59 Å². The number of fused-ring (bicyclic) bond motifs is 4. The number of rotatable bonds is 7. The SMILES string of the molecule is CCN1CCc2ccc(NC(=O)CCSCc3nc4sc5c(c4c(=O)[nH]3)CCC5)cc21. The first-order valence-electron chi connectivity index (χ1n) is 10.9. The van der Waals surface area contributed by atoms with Crippen LogP contribution in [0.25, 0.3) is 10.2 Å². The van der Waals surface area contributed by atoms with E-state index in [4.69, 9.17) is 0 Å². The fourth-order valence-electron chi connectivity index (χ4n) is 4.52. The van der Waals surface area contributed by atoms with Gasteiger partial charge >= 0.3 is 0 Å². The van der Waals surface area contributed by atoms with Gasteiger partial charge in [-0.1, -0.05) is 6.07 Å². The summed E-state index contributed by atoms with van der Waals surface area (Å²) in [6, 6.07) is 6.19. The van der Waals surface area contributed by atoms with Crippen LogP contribution in [0.5, 0.6) is 0 Å². The number of amides is 1. The zero-order valence-electron chi connectivity index (χ0n) is 17.6. The van der Waals surface area contributed by atoms with Crippen LogP contribution >= 0.6 is 23.1 Å². The number of carbonyl (C=O) groups excluding carboxylic acids is 1. The molecule has 2 N–H and O–H groups in total. The molecule has 0 saturated heterocycles. The number of H-pyrrole nitrogens is 1. The van der Waals surface area contributed by atoms with Crippen LogP contribution in [0.15, 0.2) is 23.0 Å². The monoisotopic (exact) mass is 454 g/mol. The number of thiophene rings is 1. The van der Waals surface area contributed by atoms with E-state index in [1.54, 1.807) is 23.1 Å². The number of hydrogen-bond donors (Lipinski definition) is 2. The molecule has 0 spiro atoms. The quantitative estimate of drug-likeness (QED) is 0.525. The summed E-state index contributed by atoms with van der Waals surface area (Å²) in [4.78, 5) is 37.0. The Balaban J connectivity index is 1.14. The third kappa shape index (κ3) is 4.11. The molecular weight excluding hydrogens is 428 g/mol. The number of hydrogen-bond acceptors (Lipinski definition) is 6. The summed E-state index contributed by atoms with van der Waals surface area (Å²) in [6.07, 6.45) is 4.70. The van der Waals surface area contributed by atoms with Gasteiger partial charge in [0.15, 0.2) is 0 Å². The van der Waals surface area contributed by atoms with Crippen molar-refractivity contribution in [3.63, 3.8) is 0 Å². The van der Waals surface area contributed by atoms with Gasteiger partial charge in [0.2, 0.25) is 5.91 Å². The molecule has 8 heteroatoms. The predicted molar refractivity (Wildman–Crippen MR) is 130 cm³/mol. The van der Waals surface area contributed by atoms with Gasteiger partial charge in [-0.2, -0.15) is 11.8 Å². The Morgan fingerprint density at radius 3 is 3.10 bits per heavy atom. The molecule has 1 amide bonds. The molecular formula is C23H26N4O2S2. The minimum Gasteiger partial charge on any atom is -0.371 e. The molecule has 3 heterocycles. The number of anilines is 2. The summed E-state index contributed by atoms with van der Waals surface area (Å²) in [5.74, 6) is 1.99. The van der Waals surface area contributed by atoms with E-state index in [1.165, 1.54) is 21.7 Å². The fraction of sp³-hybridized carbons (Fsp3) is 0.435. The van der Waals surface area contributed by atoms with E-state index < -0.39 is 0 Å². The number of aryl methyl sites for hydroxylation is 2. The van der Waals surface area contributed by atoms with Crippen molar-refractivity contribution in [3.05, 3.63) is 50.4 Å². The van der Waals surface area contributed by atoms with E-state index >= 15 is 0 Å². The number of aromatic amines is 1. The van der Waals surface area contributed by atoms with Crippen LogP contribution in [0.4, 0.5) is 11.4 Å². The number of aromatic nitrogens is 2. The maximum Gasteiger partial charge on any atom is 0.259 e. The highest BCUT2D eigenvalue weighted by molar-refractivity contribution is 7.98. The van der Waals surface area contributed by atoms with Crippen LogP contribution in [-0.2, 0) is 29.8 Å².